The van der Waals surface area contributed by atoms with Crippen molar-refractivity contribution in [3.05, 3.63) is 58.7 Å². The molecule has 0 aromatic heterocycles. The molecule has 1 spiro atoms. The van der Waals surface area contributed by atoms with Crippen molar-refractivity contribution >= 4 is 11.6 Å². The zero-order chi connectivity index (χ0) is 21.8. The fourth-order valence-electron chi connectivity index (χ4n) is 4.52. The summed E-state index contributed by atoms with van der Waals surface area (Å²) >= 11 is 0. The van der Waals surface area contributed by atoms with Crippen molar-refractivity contribution in [1.29, 1.82) is 0 Å². The molecule has 4 rings (SSSR count). The Morgan fingerprint density at radius 1 is 1.03 bits per heavy atom. The van der Waals surface area contributed by atoms with E-state index in [4.69, 9.17) is 14.2 Å². The minimum absolute atomic E-state index is 0.132. The van der Waals surface area contributed by atoms with Crippen LogP contribution in [0.2, 0.25) is 0 Å². The summed E-state index contributed by atoms with van der Waals surface area (Å²) in [7, 11) is 0. The van der Waals surface area contributed by atoms with Gasteiger partial charge in [-0.2, -0.15) is 0 Å². The second kappa shape index (κ2) is 9.41. The van der Waals surface area contributed by atoms with Crippen molar-refractivity contribution in [1.82, 2.24) is 0 Å². The predicted octanol–water partition coefficient (Wildman–Crippen LogP) is 5.40. The molecule has 0 radical (unpaired) electrons. The number of benzene rings is 2. The molecule has 2 aromatic carbocycles. The van der Waals surface area contributed by atoms with Crippen LogP contribution in [0.15, 0.2) is 36.4 Å². The number of amides is 1. The summed E-state index contributed by atoms with van der Waals surface area (Å²) in [5, 5.41) is 0. The van der Waals surface area contributed by atoms with Gasteiger partial charge in [0.25, 0.3) is 11.7 Å². The van der Waals surface area contributed by atoms with Crippen molar-refractivity contribution in [3.8, 4) is 5.75 Å². The maximum absolute atomic E-state index is 13.6. The van der Waals surface area contributed by atoms with E-state index in [1.165, 1.54) is 19.3 Å². The van der Waals surface area contributed by atoms with Gasteiger partial charge in [0.05, 0.1) is 32.1 Å². The Balaban J connectivity index is 1.52. The minimum Gasteiger partial charge on any atom is -0.494 e. The van der Waals surface area contributed by atoms with E-state index in [1.54, 1.807) is 0 Å². The van der Waals surface area contributed by atoms with Gasteiger partial charge in [0.1, 0.15) is 5.75 Å². The molecule has 2 aliphatic rings. The number of fused-ring (bicyclic) bond motifs is 2. The number of unbranched alkanes of at least 4 members (excludes halogenated alkanes) is 3. The van der Waals surface area contributed by atoms with Crippen LogP contribution >= 0.6 is 0 Å². The molecule has 0 unspecified atom stereocenters. The number of ether oxygens (including phenoxy) is 3. The number of carbonyl (C=O) groups is 1. The Morgan fingerprint density at radius 2 is 1.77 bits per heavy atom. The topological polar surface area (TPSA) is 48.0 Å². The van der Waals surface area contributed by atoms with Crippen LogP contribution in [0.4, 0.5) is 5.69 Å². The minimum atomic E-state index is -1.30. The molecule has 1 saturated heterocycles. The summed E-state index contributed by atoms with van der Waals surface area (Å²) in [4.78, 5) is 15.4. The first-order chi connectivity index (χ1) is 15.0. The molecule has 2 aromatic rings. The molecule has 31 heavy (non-hydrogen) atoms. The van der Waals surface area contributed by atoms with E-state index in [0.29, 0.717) is 19.8 Å². The molecule has 0 N–H and O–H groups in total. The molecular formula is C26H33NO4. The van der Waals surface area contributed by atoms with E-state index in [2.05, 4.69) is 13.0 Å². The predicted molar refractivity (Wildman–Crippen MR) is 121 cm³/mol. The molecule has 166 valence electrons. The SMILES string of the molecule is CCCCCCOc1ccc(CN2C(=O)C3(OCCCO3)c3cc(C)cc(C)c32)cc1. The second-order valence-electron chi connectivity index (χ2n) is 8.59. The first kappa shape index (κ1) is 21.8. The number of hydrogen-bond acceptors (Lipinski definition) is 4. The van der Waals surface area contributed by atoms with Crippen molar-refractivity contribution in [3.63, 3.8) is 0 Å². The number of hydrogen-bond donors (Lipinski definition) is 0. The Bertz CT molecular complexity index is 916. The average molecular weight is 424 g/mol. The number of anilines is 1. The molecule has 0 aliphatic carbocycles. The number of nitrogens with zero attached hydrogens (tertiary/aromatic N) is 1. The Labute approximate surface area is 185 Å². The third-order valence-corrected chi connectivity index (χ3v) is 6.03. The number of carbonyl (C=O) groups excluding carboxylic acids is 1. The quantitative estimate of drug-likeness (QED) is 0.534. The van der Waals surface area contributed by atoms with Crippen molar-refractivity contribution in [2.45, 2.75) is 65.2 Å². The highest BCUT2D eigenvalue weighted by atomic mass is 16.7. The highest BCUT2D eigenvalue weighted by Gasteiger charge is 2.55. The van der Waals surface area contributed by atoms with Gasteiger partial charge in [-0.1, -0.05) is 49.9 Å². The van der Waals surface area contributed by atoms with E-state index in [0.717, 1.165) is 53.1 Å². The van der Waals surface area contributed by atoms with Crippen LogP contribution in [-0.4, -0.2) is 25.7 Å². The molecule has 0 saturated carbocycles. The fourth-order valence-corrected chi connectivity index (χ4v) is 4.52. The van der Waals surface area contributed by atoms with Gasteiger partial charge < -0.3 is 19.1 Å². The Kier molecular flexibility index (Phi) is 6.63. The summed E-state index contributed by atoms with van der Waals surface area (Å²) in [6.07, 6.45) is 5.56. The summed E-state index contributed by atoms with van der Waals surface area (Å²) in [5.74, 6) is -0.561. The lowest BCUT2D eigenvalue weighted by Gasteiger charge is -2.32. The highest BCUT2D eigenvalue weighted by molar-refractivity contribution is 6.07. The summed E-state index contributed by atoms with van der Waals surface area (Å²) in [6, 6.07) is 12.2. The van der Waals surface area contributed by atoms with Crippen molar-refractivity contribution in [2.75, 3.05) is 24.7 Å². The monoisotopic (exact) mass is 423 g/mol. The van der Waals surface area contributed by atoms with Crippen LogP contribution in [0, 0.1) is 13.8 Å². The third-order valence-electron chi connectivity index (χ3n) is 6.03. The van der Waals surface area contributed by atoms with E-state index >= 15 is 0 Å². The van der Waals surface area contributed by atoms with Gasteiger partial charge in [-0.05, 0) is 56.0 Å². The average Bonchev–Trinajstić information content (AvgIpc) is 2.98. The van der Waals surface area contributed by atoms with E-state index < -0.39 is 5.79 Å². The van der Waals surface area contributed by atoms with Crippen LogP contribution in [0.25, 0.3) is 0 Å². The third kappa shape index (κ3) is 4.35. The van der Waals surface area contributed by atoms with Crippen molar-refractivity contribution in [2.24, 2.45) is 0 Å². The standard InChI is InChI=1S/C26H33NO4/c1-4-5-6-7-13-29-22-11-9-21(10-12-22)18-27-24-20(3)16-19(2)17-23(24)26(25(27)28)30-14-8-15-31-26/h9-12,16-17H,4-8,13-15,18H2,1-3H3. The van der Waals surface area contributed by atoms with E-state index in [9.17, 15) is 4.79 Å². The molecule has 2 aliphatic heterocycles. The van der Waals surface area contributed by atoms with E-state index in [1.807, 2.05) is 49.1 Å². The van der Waals surface area contributed by atoms with Crippen LogP contribution in [0.1, 0.15) is 61.3 Å². The van der Waals surface area contributed by atoms with Crippen LogP contribution in [0.5, 0.6) is 5.75 Å². The lowest BCUT2D eigenvalue weighted by molar-refractivity contribution is -0.256. The smallest absolute Gasteiger partial charge is 0.292 e. The van der Waals surface area contributed by atoms with Gasteiger partial charge in [-0.25, -0.2) is 0 Å². The lowest BCUT2D eigenvalue weighted by Crippen LogP contribution is -2.47. The first-order valence-corrected chi connectivity index (χ1v) is 11.5. The van der Waals surface area contributed by atoms with Crippen LogP contribution in [-0.2, 0) is 26.6 Å². The number of aryl methyl sites for hydroxylation is 2. The summed E-state index contributed by atoms with van der Waals surface area (Å²) in [6.45, 7) is 8.56. The van der Waals surface area contributed by atoms with Crippen LogP contribution in [0.3, 0.4) is 0 Å². The summed E-state index contributed by atoms with van der Waals surface area (Å²) < 4.78 is 17.9. The van der Waals surface area contributed by atoms with Gasteiger partial charge in [-0.3, -0.25) is 4.79 Å². The molecule has 1 fully saturated rings. The normalized spacial score (nSPS) is 17.3. The molecule has 0 atom stereocenters. The van der Waals surface area contributed by atoms with Gasteiger partial charge in [0.2, 0.25) is 0 Å². The van der Waals surface area contributed by atoms with Gasteiger partial charge in [0.15, 0.2) is 0 Å². The Hall–Kier alpha value is -2.37. The molecule has 1 amide bonds. The van der Waals surface area contributed by atoms with E-state index in [-0.39, 0.29) is 5.91 Å². The molecule has 2 heterocycles. The molecule has 0 bridgehead atoms. The fraction of sp³-hybridized carbons (Fsp3) is 0.500. The second-order valence-corrected chi connectivity index (χ2v) is 8.59. The molecule has 5 heteroatoms. The van der Waals surface area contributed by atoms with Crippen LogP contribution < -0.4 is 9.64 Å². The van der Waals surface area contributed by atoms with Gasteiger partial charge >= 0.3 is 0 Å². The molecule has 5 nitrogen and oxygen atoms in total. The highest BCUT2D eigenvalue weighted by Crippen LogP contribution is 2.47. The molecular weight excluding hydrogens is 390 g/mol. The maximum atomic E-state index is 13.6. The van der Waals surface area contributed by atoms with Crippen molar-refractivity contribution < 1.29 is 19.0 Å². The largest absolute Gasteiger partial charge is 0.494 e. The lowest BCUT2D eigenvalue weighted by atomic mass is 10.00. The van der Waals surface area contributed by atoms with Gasteiger partial charge in [-0.15, -0.1) is 0 Å². The first-order valence-electron chi connectivity index (χ1n) is 11.5. The number of rotatable bonds is 8. The zero-order valence-corrected chi connectivity index (χ0v) is 18.9. The zero-order valence-electron chi connectivity index (χ0n) is 18.9. The maximum Gasteiger partial charge on any atom is 0.292 e. The Morgan fingerprint density at radius 3 is 2.48 bits per heavy atom. The van der Waals surface area contributed by atoms with Gasteiger partial charge in [0, 0.05) is 5.56 Å². The summed E-state index contributed by atoms with van der Waals surface area (Å²) in [5.41, 5.74) is 4.95.